The molecule has 3 aromatic carbocycles. The van der Waals surface area contributed by atoms with Crippen molar-refractivity contribution in [3.63, 3.8) is 0 Å². The monoisotopic (exact) mass is 341 g/mol. The lowest BCUT2D eigenvalue weighted by atomic mass is 10.1. The van der Waals surface area contributed by atoms with E-state index >= 15 is 0 Å². The minimum atomic E-state index is -0.795. The van der Waals surface area contributed by atoms with Crippen molar-refractivity contribution >= 4 is 33.9 Å². The fraction of sp³-hybridized carbons (Fsp3) is 0. The summed E-state index contributed by atoms with van der Waals surface area (Å²) in [6, 6.07) is 11.9. The fourth-order valence-electron chi connectivity index (χ4n) is 2.37. The maximum atomic E-state index is 13.7. The second kappa shape index (κ2) is 6.44. The van der Waals surface area contributed by atoms with Gasteiger partial charge in [0.1, 0.15) is 11.6 Å². The van der Waals surface area contributed by atoms with E-state index in [4.69, 9.17) is 0 Å². The highest BCUT2D eigenvalue weighted by atomic mass is 19.1. The quantitative estimate of drug-likeness (QED) is 0.489. The van der Waals surface area contributed by atoms with Crippen molar-refractivity contribution in [2.24, 2.45) is 0 Å². The average Bonchev–Trinajstić information content (AvgIpc) is 2.57. The molecule has 0 radical (unpaired) electrons. The Morgan fingerprint density at radius 3 is 2.56 bits per heavy atom. The zero-order valence-electron chi connectivity index (χ0n) is 12.7. The van der Waals surface area contributed by atoms with Gasteiger partial charge in [-0.3, -0.25) is 10.1 Å². The molecule has 3 rings (SSSR count). The van der Waals surface area contributed by atoms with Gasteiger partial charge in [0.2, 0.25) is 0 Å². The van der Waals surface area contributed by atoms with Crippen molar-refractivity contribution in [1.82, 2.24) is 0 Å². The number of non-ortho nitro benzene ring substituents is 1. The van der Waals surface area contributed by atoms with E-state index in [1.165, 1.54) is 12.1 Å². The summed E-state index contributed by atoms with van der Waals surface area (Å²) in [5, 5.41) is 26.5. The molecule has 0 heterocycles. The number of rotatable bonds is 3. The smallest absolute Gasteiger partial charge is 0.323 e. The number of carbonyl (C=O) groups is 1. The van der Waals surface area contributed by atoms with Crippen molar-refractivity contribution in [3.8, 4) is 5.75 Å². The number of amides is 2. The number of fused-ring (bicyclic) bond motifs is 1. The van der Waals surface area contributed by atoms with Crippen molar-refractivity contribution in [1.29, 1.82) is 0 Å². The number of nitrogens with zero attached hydrogens (tertiary/aromatic N) is 1. The summed E-state index contributed by atoms with van der Waals surface area (Å²) in [5.41, 5.74) is -0.252. The molecular weight excluding hydrogens is 329 g/mol. The summed E-state index contributed by atoms with van der Waals surface area (Å²) in [6.45, 7) is 0. The van der Waals surface area contributed by atoms with Crippen LogP contribution < -0.4 is 10.6 Å². The highest BCUT2D eigenvalue weighted by Gasteiger charge is 2.14. The third kappa shape index (κ3) is 3.47. The Kier molecular flexibility index (Phi) is 4.17. The van der Waals surface area contributed by atoms with Crippen molar-refractivity contribution in [3.05, 3.63) is 70.5 Å². The number of nitrogens with one attached hydrogen (secondary N) is 2. The number of nitro benzene ring substituents is 1. The van der Waals surface area contributed by atoms with Gasteiger partial charge in [-0.1, -0.05) is 18.2 Å². The van der Waals surface area contributed by atoms with Gasteiger partial charge in [-0.25, -0.2) is 9.18 Å². The first kappa shape index (κ1) is 16.2. The molecule has 0 aliphatic carbocycles. The molecule has 0 aliphatic heterocycles. The van der Waals surface area contributed by atoms with E-state index in [1.807, 2.05) is 0 Å². The number of benzene rings is 3. The maximum Gasteiger partial charge on any atom is 0.323 e. The maximum absolute atomic E-state index is 13.7. The molecule has 0 atom stereocenters. The van der Waals surface area contributed by atoms with E-state index in [2.05, 4.69) is 10.6 Å². The predicted octanol–water partition coefficient (Wildman–Crippen LogP) is 4.24. The zero-order chi connectivity index (χ0) is 18.0. The molecule has 3 aromatic rings. The lowest BCUT2D eigenvalue weighted by Crippen LogP contribution is -2.20. The number of anilines is 2. The van der Waals surface area contributed by atoms with Gasteiger partial charge in [-0.15, -0.1) is 0 Å². The van der Waals surface area contributed by atoms with Crippen molar-refractivity contribution < 1.29 is 19.2 Å². The van der Waals surface area contributed by atoms with Crippen LogP contribution in [0.4, 0.5) is 26.2 Å². The molecule has 0 fully saturated rings. The van der Waals surface area contributed by atoms with Crippen LogP contribution >= 0.6 is 0 Å². The minimum Gasteiger partial charge on any atom is -0.508 e. The van der Waals surface area contributed by atoms with Crippen LogP contribution in [-0.2, 0) is 0 Å². The Balaban J connectivity index is 1.85. The molecule has 2 amide bonds. The van der Waals surface area contributed by atoms with Gasteiger partial charge in [0.05, 0.1) is 16.3 Å². The Hall–Kier alpha value is -3.68. The largest absolute Gasteiger partial charge is 0.508 e. The summed E-state index contributed by atoms with van der Waals surface area (Å²) < 4.78 is 13.7. The van der Waals surface area contributed by atoms with E-state index in [-0.39, 0.29) is 17.1 Å². The molecule has 0 aromatic heterocycles. The summed E-state index contributed by atoms with van der Waals surface area (Å²) in [6.07, 6.45) is 0. The van der Waals surface area contributed by atoms with Gasteiger partial charge in [-0.05, 0) is 29.7 Å². The number of phenolic OH excluding ortho intramolecular Hbond substituents is 1. The van der Waals surface area contributed by atoms with Gasteiger partial charge in [-0.2, -0.15) is 0 Å². The van der Waals surface area contributed by atoms with Crippen LogP contribution in [0.25, 0.3) is 10.8 Å². The predicted molar refractivity (Wildman–Crippen MR) is 91.3 cm³/mol. The Morgan fingerprint density at radius 2 is 1.80 bits per heavy atom. The molecule has 7 nitrogen and oxygen atoms in total. The van der Waals surface area contributed by atoms with E-state index in [9.17, 15) is 24.4 Å². The molecule has 0 saturated heterocycles. The van der Waals surface area contributed by atoms with E-state index < -0.39 is 16.8 Å². The van der Waals surface area contributed by atoms with Crippen molar-refractivity contribution in [2.45, 2.75) is 0 Å². The van der Waals surface area contributed by atoms with Crippen LogP contribution in [0, 0.1) is 15.9 Å². The topological polar surface area (TPSA) is 104 Å². The standard InChI is InChI=1S/C17H12FN3O4/c18-14-7-5-11(21(24)25)8-16(14)20-17(23)19-15-3-1-2-10-4-6-12(22)9-13(10)15/h1-9,22H,(H2,19,20,23). The van der Waals surface area contributed by atoms with Crippen LogP contribution in [0.3, 0.4) is 0 Å². The molecular formula is C17H12FN3O4. The average molecular weight is 341 g/mol. The van der Waals surface area contributed by atoms with Crippen LogP contribution in [-0.4, -0.2) is 16.1 Å². The lowest BCUT2D eigenvalue weighted by Gasteiger charge is -2.11. The van der Waals surface area contributed by atoms with Crippen LogP contribution in [0.1, 0.15) is 0 Å². The van der Waals surface area contributed by atoms with Crippen molar-refractivity contribution in [2.75, 3.05) is 10.6 Å². The summed E-state index contributed by atoms with van der Waals surface area (Å²) in [5.74, 6) is -0.761. The van der Waals surface area contributed by atoms with Crippen LogP contribution in [0.2, 0.25) is 0 Å². The van der Waals surface area contributed by atoms with Gasteiger partial charge in [0.25, 0.3) is 5.69 Å². The van der Waals surface area contributed by atoms with Gasteiger partial charge >= 0.3 is 6.03 Å². The van der Waals surface area contributed by atoms with E-state index in [0.29, 0.717) is 11.1 Å². The number of hydrogen-bond acceptors (Lipinski definition) is 4. The Bertz CT molecular complexity index is 991. The number of aromatic hydroxyl groups is 1. The van der Waals surface area contributed by atoms with Gasteiger partial charge in [0, 0.05) is 17.5 Å². The molecule has 0 unspecified atom stereocenters. The number of carbonyl (C=O) groups excluding carboxylic acids is 1. The molecule has 0 bridgehead atoms. The number of halogens is 1. The third-order valence-electron chi connectivity index (χ3n) is 3.52. The van der Waals surface area contributed by atoms with E-state index in [0.717, 1.165) is 23.6 Å². The first-order valence-corrected chi connectivity index (χ1v) is 7.18. The molecule has 0 aliphatic rings. The molecule has 0 saturated carbocycles. The fourth-order valence-corrected chi connectivity index (χ4v) is 2.37. The van der Waals surface area contributed by atoms with Crippen LogP contribution in [0.5, 0.6) is 5.75 Å². The zero-order valence-corrected chi connectivity index (χ0v) is 12.7. The first-order valence-electron chi connectivity index (χ1n) is 7.18. The summed E-state index contributed by atoms with van der Waals surface area (Å²) in [7, 11) is 0. The minimum absolute atomic E-state index is 0.0342. The number of hydrogen-bond donors (Lipinski definition) is 3. The summed E-state index contributed by atoms with van der Waals surface area (Å²) in [4.78, 5) is 22.2. The number of phenols is 1. The number of nitro groups is 1. The van der Waals surface area contributed by atoms with Gasteiger partial charge in [0.15, 0.2) is 0 Å². The Morgan fingerprint density at radius 1 is 1.04 bits per heavy atom. The lowest BCUT2D eigenvalue weighted by molar-refractivity contribution is -0.384. The van der Waals surface area contributed by atoms with E-state index in [1.54, 1.807) is 24.3 Å². The molecule has 3 N–H and O–H groups in total. The van der Waals surface area contributed by atoms with Crippen LogP contribution in [0.15, 0.2) is 54.6 Å². The molecule has 0 spiro atoms. The SMILES string of the molecule is O=C(Nc1cc([N+](=O)[O-])ccc1F)Nc1cccc2ccc(O)cc12. The first-order chi connectivity index (χ1) is 11.9. The highest BCUT2D eigenvalue weighted by Crippen LogP contribution is 2.27. The molecule has 126 valence electrons. The molecule has 25 heavy (non-hydrogen) atoms. The third-order valence-corrected chi connectivity index (χ3v) is 3.52. The Labute approximate surface area is 140 Å². The second-order valence-electron chi connectivity index (χ2n) is 5.21. The normalized spacial score (nSPS) is 10.4. The molecule has 8 heteroatoms. The highest BCUT2D eigenvalue weighted by molar-refractivity contribution is 6.06. The summed E-state index contributed by atoms with van der Waals surface area (Å²) >= 11 is 0. The second-order valence-corrected chi connectivity index (χ2v) is 5.21. The van der Waals surface area contributed by atoms with Gasteiger partial charge < -0.3 is 15.7 Å². The number of urea groups is 1.